The summed E-state index contributed by atoms with van der Waals surface area (Å²) in [6, 6.07) is 7.46. The van der Waals surface area contributed by atoms with E-state index in [0.29, 0.717) is 12.2 Å². The number of rotatable bonds is 6. The highest BCUT2D eigenvalue weighted by Crippen LogP contribution is 2.12. The molecule has 17 heavy (non-hydrogen) atoms. The Morgan fingerprint density at radius 1 is 1.29 bits per heavy atom. The fourth-order valence-electron chi connectivity index (χ4n) is 1.33. The predicted molar refractivity (Wildman–Crippen MR) is 69.4 cm³/mol. The van der Waals surface area contributed by atoms with Gasteiger partial charge < -0.3 is 10.1 Å². The summed E-state index contributed by atoms with van der Waals surface area (Å²) in [5.74, 6) is 0.785. The van der Waals surface area contributed by atoms with Crippen molar-refractivity contribution in [2.75, 3.05) is 6.61 Å². The van der Waals surface area contributed by atoms with Gasteiger partial charge in [0.2, 0.25) is 0 Å². The molecule has 0 aromatic heterocycles. The van der Waals surface area contributed by atoms with E-state index in [-0.39, 0.29) is 11.9 Å². The van der Waals surface area contributed by atoms with E-state index in [1.54, 1.807) is 12.1 Å². The van der Waals surface area contributed by atoms with Crippen molar-refractivity contribution in [2.45, 2.75) is 39.7 Å². The lowest BCUT2D eigenvalue weighted by molar-refractivity contribution is 0.0939. The number of hydrogen-bond donors (Lipinski definition) is 1. The molecule has 0 saturated carbocycles. The molecule has 1 aromatic carbocycles. The van der Waals surface area contributed by atoms with Crippen molar-refractivity contribution < 1.29 is 9.53 Å². The largest absolute Gasteiger partial charge is 0.494 e. The fraction of sp³-hybridized carbons (Fsp3) is 0.500. The minimum absolute atomic E-state index is 0.0265. The summed E-state index contributed by atoms with van der Waals surface area (Å²) in [4.78, 5) is 11.8. The second kappa shape index (κ2) is 6.94. The molecular weight excluding hydrogens is 214 g/mol. The van der Waals surface area contributed by atoms with Gasteiger partial charge in [0, 0.05) is 11.6 Å². The number of carbonyl (C=O) groups is 1. The first-order valence-electron chi connectivity index (χ1n) is 6.21. The van der Waals surface area contributed by atoms with Gasteiger partial charge >= 0.3 is 0 Å². The Hall–Kier alpha value is -1.51. The van der Waals surface area contributed by atoms with E-state index < -0.39 is 0 Å². The van der Waals surface area contributed by atoms with Crippen LogP contribution in [0.25, 0.3) is 0 Å². The van der Waals surface area contributed by atoms with Gasteiger partial charge in [-0.3, -0.25) is 4.79 Å². The molecule has 0 aliphatic rings. The van der Waals surface area contributed by atoms with Crippen LogP contribution in [0.3, 0.4) is 0 Å². The topological polar surface area (TPSA) is 38.3 Å². The Balaban J connectivity index is 2.57. The van der Waals surface area contributed by atoms with E-state index in [1.807, 2.05) is 26.0 Å². The molecule has 0 aliphatic carbocycles. The van der Waals surface area contributed by atoms with Crippen molar-refractivity contribution in [1.29, 1.82) is 0 Å². The number of benzene rings is 1. The van der Waals surface area contributed by atoms with E-state index in [0.717, 1.165) is 18.6 Å². The lowest BCUT2D eigenvalue weighted by atomic mass is 10.2. The Morgan fingerprint density at radius 3 is 2.47 bits per heavy atom. The van der Waals surface area contributed by atoms with Crippen LogP contribution in [-0.4, -0.2) is 18.6 Å². The number of hydrogen-bond acceptors (Lipinski definition) is 2. The molecule has 1 rings (SSSR count). The molecule has 0 spiro atoms. The summed E-state index contributed by atoms with van der Waals surface area (Å²) in [5, 5.41) is 2.93. The number of amides is 1. The molecular formula is C14H21NO2. The van der Waals surface area contributed by atoms with Crippen LogP contribution in [0.5, 0.6) is 5.75 Å². The van der Waals surface area contributed by atoms with Gasteiger partial charge in [-0.2, -0.15) is 0 Å². The zero-order chi connectivity index (χ0) is 12.7. The molecule has 3 heteroatoms. The Bertz CT molecular complexity index is 346. The molecule has 0 fully saturated rings. The maximum atomic E-state index is 11.8. The van der Waals surface area contributed by atoms with Gasteiger partial charge in [0.05, 0.1) is 6.61 Å². The van der Waals surface area contributed by atoms with E-state index in [4.69, 9.17) is 4.74 Å². The predicted octanol–water partition coefficient (Wildman–Crippen LogP) is 3.00. The molecule has 0 unspecified atom stereocenters. The standard InChI is InChI=1S/C14H21NO2/c1-4-10-17-13-8-6-12(7-9-13)14(16)15-11(3)5-2/h6-9,11H,4-5,10H2,1-3H3,(H,15,16)/t11-/m0/s1. The molecule has 3 nitrogen and oxygen atoms in total. The van der Waals surface area contributed by atoms with Gasteiger partial charge in [0.25, 0.3) is 5.91 Å². The zero-order valence-corrected chi connectivity index (χ0v) is 10.8. The SMILES string of the molecule is CCCOc1ccc(C(=O)N[C@@H](C)CC)cc1. The van der Waals surface area contributed by atoms with Crippen molar-refractivity contribution >= 4 is 5.91 Å². The van der Waals surface area contributed by atoms with Crippen LogP contribution < -0.4 is 10.1 Å². The van der Waals surface area contributed by atoms with Crippen molar-refractivity contribution in [2.24, 2.45) is 0 Å². The van der Waals surface area contributed by atoms with Crippen LogP contribution in [0.2, 0.25) is 0 Å². The Morgan fingerprint density at radius 2 is 1.94 bits per heavy atom. The summed E-state index contributed by atoms with van der Waals surface area (Å²) in [7, 11) is 0. The molecule has 1 amide bonds. The first-order chi connectivity index (χ1) is 8.17. The monoisotopic (exact) mass is 235 g/mol. The summed E-state index contributed by atoms with van der Waals surface area (Å²) in [5.41, 5.74) is 0.675. The zero-order valence-electron chi connectivity index (χ0n) is 10.8. The van der Waals surface area contributed by atoms with Crippen molar-refractivity contribution in [1.82, 2.24) is 5.32 Å². The number of carbonyl (C=O) groups excluding carboxylic acids is 1. The van der Waals surface area contributed by atoms with Gasteiger partial charge in [-0.1, -0.05) is 13.8 Å². The van der Waals surface area contributed by atoms with Gasteiger partial charge in [-0.15, -0.1) is 0 Å². The van der Waals surface area contributed by atoms with Crippen LogP contribution in [0.15, 0.2) is 24.3 Å². The maximum Gasteiger partial charge on any atom is 0.251 e. The van der Waals surface area contributed by atoms with Crippen LogP contribution in [0.1, 0.15) is 44.0 Å². The number of ether oxygens (including phenoxy) is 1. The third kappa shape index (κ3) is 4.47. The molecule has 0 bridgehead atoms. The Kier molecular flexibility index (Phi) is 5.53. The quantitative estimate of drug-likeness (QED) is 0.823. The molecule has 0 radical (unpaired) electrons. The summed E-state index contributed by atoms with van der Waals surface area (Å²) >= 11 is 0. The van der Waals surface area contributed by atoms with Crippen LogP contribution in [0.4, 0.5) is 0 Å². The van der Waals surface area contributed by atoms with Crippen molar-refractivity contribution in [3.8, 4) is 5.75 Å². The molecule has 94 valence electrons. The lowest BCUT2D eigenvalue weighted by Gasteiger charge is -2.11. The molecule has 0 aliphatic heterocycles. The molecule has 1 N–H and O–H groups in total. The van der Waals surface area contributed by atoms with E-state index in [2.05, 4.69) is 12.2 Å². The first kappa shape index (κ1) is 13.6. The van der Waals surface area contributed by atoms with Gasteiger partial charge in [0.15, 0.2) is 0 Å². The smallest absolute Gasteiger partial charge is 0.251 e. The third-order valence-electron chi connectivity index (χ3n) is 2.58. The van der Waals surface area contributed by atoms with Crippen LogP contribution in [0, 0.1) is 0 Å². The van der Waals surface area contributed by atoms with Crippen LogP contribution >= 0.6 is 0 Å². The fourth-order valence-corrected chi connectivity index (χ4v) is 1.33. The van der Waals surface area contributed by atoms with E-state index >= 15 is 0 Å². The second-order valence-corrected chi connectivity index (χ2v) is 4.16. The molecule has 0 saturated heterocycles. The third-order valence-corrected chi connectivity index (χ3v) is 2.58. The second-order valence-electron chi connectivity index (χ2n) is 4.16. The average molecular weight is 235 g/mol. The van der Waals surface area contributed by atoms with E-state index in [1.165, 1.54) is 0 Å². The highest BCUT2D eigenvalue weighted by Gasteiger charge is 2.08. The summed E-state index contributed by atoms with van der Waals surface area (Å²) in [6.45, 7) is 6.82. The van der Waals surface area contributed by atoms with Crippen LogP contribution in [-0.2, 0) is 0 Å². The summed E-state index contributed by atoms with van der Waals surface area (Å²) < 4.78 is 5.46. The van der Waals surface area contributed by atoms with Crippen molar-refractivity contribution in [3.63, 3.8) is 0 Å². The maximum absolute atomic E-state index is 11.8. The lowest BCUT2D eigenvalue weighted by Crippen LogP contribution is -2.31. The Labute approximate surface area is 103 Å². The highest BCUT2D eigenvalue weighted by atomic mass is 16.5. The normalized spacial score (nSPS) is 11.9. The minimum Gasteiger partial charge on any atom is -0.494 e. The summed E-state index contributed by atoms with van der Waals surface area (Å²) in [6.07, 6.45) is 1.92. The highest BCUT2D eigenvalue weighted by molar-refractivity contribution is 5.94. The number of nitrogens with one attached hydrogen (secondary N) is 1. The molecule has 1 atom stereocenters. The molecule has 0 heterocycles. The van der Waals surface area contributed by atoms with Gasteiger partial charge in [0.1, 0.15) is 5.75 Å². The molecule has 1 aromatic rings. The average Bonchev–Trinajstić information content (AvgIpc) is 2.36. The van der Waals surface area contributed by atoms with E-state index in [9.17, 15) is 4.79 Å². The van der Waals surface area contributed by atoms with Crippen molar-refractivity contribution in [3.05, 3.63) is 29.8 Å². The van der Waals surface area contributed by atoms with Gasteiger partial charge in [-0.05, 0) is 44.0 Å². The van der Waals surface area contributed by atoms with Gasteiger partial charge in [-0.25, -0.2) is 0 Å². The first-order valence-corrected chi connectivity index (χ1v) is 6.21. The minimum atomic E-state index is -0.0265.